The van der Waals surface area contributed by atoms with Crippen LogP contribution in [-0.4, -0.2) is 18.4 Å². The monoisotopic (exact) mass is 163 g/mol. The number of esters is 1. The number of rotatable bonds is 5. The fourth-order valence-corrected chi connectivity index (χ4v) is 0.534. The van der Waals surface area contributed by atoms with Crippen molar-refractivity contribution in [2.24, 2.45) is 0 Å². The highest BCUT2D eigenvalue weighted by Gasteiger charge is 2.07. The molecule has 0 unspecified atom stereocenters. The van der Waals surface area contributed by atoms with Crippen molar-refractivity contribution >= 4 is 11.8 Å². The van der Waals surface area contributed by atoms with Gasteiger partial charge >= 0.3 is 5.97 Å². The minimum absolute atomic E-state index is 0.123. The molecule has 0 aliphatic rings. The van der Waals surface area contributed by atoms with Gasteiger partial charge in [-0.1, -0.05) is 6.85 Å². The Bertz CT molecular complexity index is 271. The van der Waals surface area contributed by atoms with Crippen LogP contribution in [0.4, 0.5) is 0 Å². The van der Waals surface area contributed by atoms with Crippen LogP contribution < -0.4 is 0 Å². The summed E-state index contributed by atoms with van der Waals surface area (Å²) in [5.41, 5.74) is 0. The van der Waals surface area contributed by atoms with E-state index < -0.39 is 37.8 Å². The van der Waals surface area contributed by atoms with Gasteiger partial charge in [-0.2, -0.15) is 0 Å². The molecule has 0 heterocycles. The number of ketones is 1. The lowest BCUT2D eigenvalue weighted by molar-refractivity contribution is -0.145. The zero-order chi connectivity index (χ0) is 13.0. The van der Waals surface area contributed by atoms with Crippen LogP contribution in [0, 0.1) is 0 Å². The molecule has 3 nitrogen and oxygen atoms in total. The molecule has 0 spiro atoms. The van der Waals surface area contributed by atoms with Gasteiger partial charge in [0.1, 0.15) is 12.2 Å². The third kappa shape index (κ3) is 5.58. The molecule has 0 bridgehead atoms. The van der Waals surface area contributed by atoms with Crippen LogP contribution in [0.5, 0.6) is 0 Å². The number of Topliss-reactive ketones (excluding diaryl/α,β-unsaturated/α-hetero) is 1. The minimum atomic E-state index is -2.88. The summed E-state index contributed by atoms with van der Waals surface area (Å²) in [6, 6.07) is 0. The van der Waals surface area contributed by atoms with Crippen LogP contribution in [0.25, 0.3) is 0 Å². The second kappa shape index (κ2) is 5.89. The van der Waals surface area contributed by atoms with E-state index in [0.29, 0.717) is 0 Å². The van der Waals surface area contributed by atoms with E-state index in [4.69, 9.17) is 6.85 Å². The Labute approximate surface area is 73.8 Å². The van der Waals surface area contributed by atoms with E-state index in [1.165, 1.54) is 0 Å². The molecule has 0 saturated heterocycles. The van der Waals surface area contributed by atoms with Crippen molar-refractivity contribution in [2.45, 2.75) is 33.0 Å². The number of carbonyl (C=O) groups excluding carboxylic acids is 2. The second-order valence-electron chi connectivity index (χ2n) is 1.87. The number of ether oxygens (including phenoxy) is 1. The highest BCUT2D eigenvalue weighted by molar-refractivity contribution is 5.95. The lowest BCUT2D eigenvalue weighted by Gasteiger charge is -1.98. The fraction of sp³-hybridized carbons (Fsp3) is 0.750. The SMILES string of the molecule is [2H]C([2H])([2H])C([2H])([2H])CC(=O)CC(=O)OCC. The van der Waals surface area contributed by atoms with Crippen LogP contribution >= 0.6 is 0 Å². The maximum Gasteiger partial charge on any atom is 0.313 e. The average Bonchev–Trinajstić information content (AvgIpc) is 1.99. The van der Waals surface area contributed by atoms with Gasteiger partial charge in [0.25, 0.3) is 0 Å². The average molecular weight is 163 g/mol. The molecule has 0 N–H and O–H groups in total. The van der Waals surface area contributed by atoms with E-state index in [0.717, 1.165) is 0 Å². The molecule has 0 amide bonds. The van der Waals surface area contributed by atoms with Crippen molar-refractivity contribution in [3.8, 4) is 0 Å². The van der Waals surface area contributed by atoms with E-state index in [9.17, 15) is 9.59 Å². The van der Waals surface area contributed by atoms with Crippen LogP contribution in [0.15, 0.2) is 0 Å². The van der Waals surface area contributed by atoms with Crippen LogP contribution in [0.1, 0.15) is 39.8 Å². The van der Waals surface area contributed by atoms with Crippen LogP contribution in [-0.2, 0) is 14.3 Å². The van der Waals surface area contributed by atoms with E-state index >= 15 is 0 Å². The van der Waals surface area contributed by atoms with Gasteiger partial charge in [-0.3, -0.25) is 9.59 Å². The molecule has 0 atom stereocenters. The molecule has 0 fully saturated rings. The molecule has 0 aliphatic heterocycles. The largest absolute Gasteiger partial charge is 0.466 e. The van der Waals surface area contributed by atoms with Crippen molar-refractivity contribution in [2.75, 3.05) is 6.61 Å². The zero-order valence-electron chi connectivity index (χ0n) is 11.3. The quantitative estimate of drug-likeness (QED) is 0.453. The number of carbonyl (C=O) groups is 2. The van der Waals surface area contributed by atoms with E-state index in [-0.39, 0.29) is 6.61 Å². The van der Waals surface area contributed by atoms with E-state index in [1.54, 1.807) is 6.92 Å². The summed E-state index contributed by atoms with van der Waals surface area (Å²) in [7, 11) is 0. The van der Waals surface area contributed by atoms with Crippen LogP contribution in [0.2, 0.25) is 0 Å². The van der Waals surface area contributed by atoms with Crippen molar-refractivity contribution in [3.63, 3.8) is 0 Å². The molecule has 0 aromatic rings. The van der Waals surface area contributed by atoms with Crippen molar-refractivity contribution in [3.05, 3.63) is 0 Å². The summed E-state index contributed by atoms with van der Waals surface area (Å²) in [4.78, 5) is 22.1. The molecular formula is C8H14O3. The van der Waals surface area contributed by atoms with E-state index in [2.05, 4.69) is 4.74 Å². The summed E-state index contributed by atoms with van der Waals surface area (Å²) in [6.07, 6.45) is -4.03. The van der Waals surface area contributed by atoms with Gasteiger partial charge in [0.05, 0.1) is 6.61 Å². The van der Waals surface area contributed by atoms with Crippen molar-refractivity contribution < 1.29 is 21.2 Å². The molecule has 0 aliphatic carbocycles. The van der Waals surface area contributed by atoms with Gasteiger partial charge in [0.15, 0.2) is 0 Å². The summed E-state index contributed by atoms with van der Waals surface area (Å²) in [5, 5.41) is 0. The zero-order valence-corrected chi connectivity index (χ0v) is 6.35. The highest BCUT2D eigenvalue weighted by Crippen LogP contribution is 1.95. The lowest BCUT2D eigenvalue weighted by atomic mass is 10.2. The van der Waals surface area contributed by atoms with Gasteiger partial charge in [-0.25, -0.2) is 0 Å². The smallest absolute Gasteiger partial charge is 0.313 e. The molecule has 0 aromatic heterocycles. The Morgan fingerprint density at radius 2 is 2.36 bits per heavy atom. The molecule has 3 heteroatoms. The highest BCUT2D eigenvalue weighted by atomic mass is 16.5. The molecule has 0 radical (unpaired) electrons. The third-order valence-electron chi connectivity index (χ3n) is 0.932. The molecule has 0 saturated carbocycles. The Morgan fingerprint density at radius 3 is 2.91 bits per heavy atom. The summed E-state index contributed by atoms with van der Waals surface area (Å²) >= 11 is 0. The Kier molecular flexibility index (Phi) is 2.27. The normalized spacial score (nSPS) is 18.5. The summed E-state index contributed by atoms with van der Waals surface area (Å²) in [5.74, 6) is -1.55. The number of hydrogen-bond donors (Lipinski definition) is 0. The Hall–Kier alpha value is -0.860. The third-order valence-corrected chi connectivity index (χ3v) is 0.932. The Morgan fingerprint density at radius 1 is 1.64 bits per heavy atom. The van der Waals surface area contributed by atoms with Gasteiger partial charge in [0.2, 0.25) is 0 Å². The van der Waals surface area contributed by atoms with Gasteiger partial charge in [-0.05, 0) is 13.3 Å². The number of hydrogen-bond acceptors (Lipinski definition) is 3. The maximum absolute atomic E-state index is 11.2. The first-order valence-corrected chi connectivity index (χ1v) is 3.27. The first-order valence-electron chi connectivity index (χ1n) is 5.77. The van der Waals surface area contributed by atoms with Gasteiger partial charge in [0, 0.05) is 13.3 Å². The maximum atomic E-state index is 11.2. The first kappa shape index (κ1) is 4.24. The van der Waals surface area contributed by atoms with Crippen molar-refractivity contribution in [1.82, 2.24) is 0 Å². The standard InChI is InChI=1S/C8H14O3/c1-3-5-7(9)6-8(10)11-4-2/h3-6H2,1-2H3/i1D3,3D2. The molecule has 0 aromatic carbocycles. The predicted molar refractivity (Wildman–Crippen MR) is 41.2 cm³/mol. The van der Waals surface area contributed by atoms with Crippen molar-refractivity contribution in [1.29, 1.82) is 0 Å². The second-order valence-corrected chi connectivity index (χ2v) is 1.87. The van der Waals surface area contributed by atoms with Gasteiger partial charge < -0.3 is 4.74 Å². The fourth-order valence-electron chi connectivity index (χ4n) is 0.534. The predicted octanol–water partition coefficient (Wildman–Crippen LogP) is 1.31. The molecule has 11 heavy (non-hydrogen) atoms. The van der Waals surface area contributed by atoms with Gasteiger partial charge in [-0.15, -0.1) is 0 Å². The lowest BCUT2D eigenvalue weighted by Crippen LogP contribution is -2.10. The minimum Gasteiger partial charge on any atom is -0.466 e. The first-order chi connectivity index (χ1) is 7.10. The summed E-state index contributed by atoms with van der Waals surface area (Å²) < 4.78 is 39.5. The molecular weight excluding hydrogens is 144 g/mol. The molecule has 64 valence electrons. The topological polar surface area (TPSA) is 43.4 Å². The summed E-state index contributed by atoms with van der Waals surface area (Å²) in [6.45, 7) is -1.18. The Balaban J connectivity index is 4.30. The van der Waals surface area contributed by atoms with Crippen LogP contribution in [0.3, 0.4) is 0 Å². The molecule has 0 rings (SSSR count). The van der Waals surface area contributed by atoms with E-state index in [1.807, 2.05) is 0 Å².